The van der Waals surface area contributed by atoms with Crippen molar-refractivity contribution in [1.82, 2.24) is 15.5 Å². The van der Waals surface area contributed by atoms with Gasteiger partial charge in [-0.05, 0) is 12.3 Å². The lowest BCUT2D eigenvalue weighted by Crippen LogP contribution is -2.48. The summed E-state index contributed by atoms with van der Waals surface area (Å²) >= 11 is 0. The summed E-state index contributed by atoms with van der Waals surface area (Å²) < 4.78 is 4.86. The Bertz CT molecular complexity index is 367. The highest BCUT2D eigenvalue weighted by atomic mass is 16.5. The molecule has 0 fully saturated rings. The molecule has 0 saturated carbocycles. The van der Waals surface area contributed by atoms with Crippen LogP contribution >= 0.6 is 0 Å². The molecule has 0 aliphatic carbocycles. The number of rotatable bonds is 3. The van der Waals surface area contributed by atoms with E-state index >= 15 is 0 Å². The zero-order valence-corrected chi connectivity index (χ0v) is 10.1. The minimum atomic E-state index is -0.559. The molecule has 1 amide bonds. The Morgan fingerprint density at radius 3 is 2.62 bits per heavy atom. The molecule has 90 valence electrons. The first-order valence-electron chi connectivity index (χ1n) is 5.13. The smallest absolute Gasteiger partial charge is 0.246 e. The molecule has 1 atom stereocenters. The molecule has 6 nitrogen and oxygen atoms in total. The molecular weight excluding hydrogens is 208 g/mol. The van der Waals surface area contributed by atoms with Crippen molar-refractivity contribution in [3.8, 4) is 0 Å². The normalized spacial score (nSPS) is 13.6. The number of nitrogens with zero attached hydrogens (tertiary/aromatic N) is 2. The number of aromatic nitrogens is 2. The maximum Gasteiger partial charge on any atom is 0.246 e. The fourth-order valence-corrected chi connectivity index (χ4v) is 1.08. The minimum Gasteiger partial charge on any atom is -0.346 e. The summed E-state index contributed by atoms with van der Waals surface area (Å²) in [6.45, 7) is 7.66. The number of hydrogen-bond donors (Lipinski definition) is 2. The highest BCUT2D eigenvalue weighted by molar-refractivity contribution is 5.82. The summed E-state index contributed by atoms with van der Waals surface area (Å²) in [4.78, 5) is 15.6. The first kappa shape index (κ1) is 12.6. The second-order valence-corrected chi connectivity index (χ2v) is 4.80. The van der Waals surface area contributed by atoms with Gasteiger partial charge >= 0.3 is 0 Å². The Hall–Kier alpha value is -1.43. The van der Waals surface area contributed by atoms with Crippen molar-refractivity contribution < 1.29 is 9.32 Å². The molecule has 1 heterocycles. The van der Waals surface area contributed by atoms with E-state index in [2.05, 4.69) is 15.5 Å². The molecule has 6 heteroatoms. The van der Waals surface area contributed by atoms with Crippen molar-refractivity contribution in [2.45, 2.75) is 40.3 Å². The first-order chi connectivity index (χ1) is 7.30. The molecule has 0 aliphatic rings. The molecule has 1 aromatic rings. The Labute approximate surface area is 94.6 Å². The number of nitrogens with one attached hydrogen (secondary N) is 1. The van der Waals surface area contributed by atoms with Gasteiger partial charge in [0.15, 0.2) is 5.82 Å². The number of carbonyl (C=O) groups excluding carboxylic acids is 1. The van der Waals surface area contributed by atoms with Crippen LogP contribution in [0, 0.1) is 12.3 Å². The van der Waals surface area contributed by atoms with Gasteiger partial charge in [-0.15, -0.1) is 0 Å². The summed E-state index contributed by atoms with van der Waals surface area (Å²) in [7, 11) is 0. The quantitative estimate of drug-likeness (QED) is 0.776. The van der Waals surface area contributed by atoms with E-state index < -0.39 is 6.04 Å². The van der Waals surface area contributed by atoms with Crippen LogP contribution in [0.25, 0.3) is 0 Å². The van der Waals surface area contributed by atoms with Gasteiger partial charge in [0.2, 0.25) is 11.8 Å². The van der Waals surface area contributed by atoms with Crippen LogP contribution in [-0.4, -0.2) is 22.1 Å². The SMILES string of the molecule is Cc1noc(CNC(=O)[C@H](N)C(C)(C)C)n1. The third-order valence-electron chi connectivity index (χ3n) is 2.20. The Balaban J connectivity index is 2.47. The second-order valence-electron chi connectivity index (χ2n) is 4.80. The van der Waals surface area contributed by atoms with E-state index in [0.717, 1.165) is 0 Å². The average molecular weight is 226 g/mol. The van der Waals surface area contributed by atoms with Crippen molar-refractivity contribution in [2.24, 2.45) is 11.1 Å². The number of amides is 1. The third kappa shape index (κ3) is 3.30. The summed E-state index contributed by atoms with van der Waals surface area (Å²) in [6, 6.07) is -0.559. The number of carbonyl (C=O) groups is 1. The summed E-state index contributed by atoms with van der Waals surface area (Å²) in [6.07, 6.45) is 0. The molecule has 0 unspecified atom stereocenters. The summed E-state index contributed by atoms with van der Waals surface area (Å²) in [5.74, 6) is 0.708. The molecule has 0 spiro atoms. The van der Waals surface area contributed by atoms with Gasteiger partial charge in [-0.2, -0.15) is 4.98 Å². The van der Waals surface area contributed by atoms with Crippen LogP contribution in [0.1, 0.15) is 32.5 Å². The number of hydrogen-bond acceptors (Lipinski definition) is 5. The van der Waals surface area contributed by atoms with Crippen molar-refractivity contribution in [1.29, 1.82) is 0 Å². The van der Waals surface area contributed by atoms with Gasteiger partial charge in [-0.3, -0.25) is 4.79 Å². The van der Waals surface area contributed by atoms with Gasteiger partial charge in [-0.25, -0.2) is 0 Å². The van der Waals surface area contributed by atoms with E-state index in [9.17, 15) is 4.79 Å². The van der Waals surface area contributed by atoms with Gasteiger partial charge in [-0.1, -0.05) is 25.9 Å². The van der Waals surface area contributed by atoms with Gasteiger partial charge in [0.25, 0.3) is 0 Å². The molecular formula is C10H18N4O2. The van der Waals surface area contributed by atoms with E-state index in [1.807, 2.05) is 20.8 Å². The van der Waals surface area contributed by atoms with E-state index in [4.69, 9.17) is 10.3 Å². The molecule has 1 rings (SSSR count). The van der Waals surface area contributed by atoms with Crippen LogP contribution < -0.4 is 11.1 Å². The van der Waals surface area contributed by atoms with Crippen molar-refractivity contribution in [3.05, 3.63) is 11.7 Å². The van der Waals surface area contributed by atoms with Crippen molar-refractivity contribution in [3.63, 3.8) is 0 Å². The molecule has 16 heavy (non-hydrogen) atoms. The Morgan fingerprint density at radius 2 is 2.19 bits per heavy atom. The highest BCUT2D eigenvalue weighted by Gasteiger charge is 2.27. The molecule has 0 bridgehead atoms. The zero-order chi connectivity index (χ0) is 12.3. The van der Waals surface area contributed by atoms with Gasteiger partial charge in [0, 0.05) is 0 Å². The lowest BCUT2D eigenvalue weighted by molar-refractivity contribution is -0.124. The number of aryl methyl sites for hydroxylation is 1. The van der Waals surface area contributed by atoms with E-state index in [0.29, 0.717) is 11.7 Å². The van der Waals surface area contributed by atoms with Crippen LogP contribution in [-0.2, 0) is 11.3 Å². The van der Waals surface area contributed by atoms with E-state index in [1.165, 1.54) is 0 Å². The zero-order valence-electron chi connectivity index (χ0n) is 10.1. The standard InChI is InChI=1S/C10H18N4O2/c1-6-13-7(16-14-6)5-12-9(15)8(11)10(2,3)4/h8H,5,11H2,1-4H3,(H,12,15)/t8-/m0/s1. The fraction of sp³-hybridized carbons (Fsp3) is 0.700. The van der Waals surface area contributed by atoms with Crippen LogP contribution in [0.15, 0.2) is 4.52 Å². The van der Waals surface area contributed by atoms with Crippen molar-refractivity contribution in [2.75, 3.05) is 0 Å². The van der Waals surface area contributed by atoms with Crippen LogP contribution in [0.2, 0.25) is 0 Å². The Kier molecular flexibility index (Phi) is 3.64. The molecule has 0 aromatic carbocycles. The predicted molar refractivity (Wildman–Crippen MR) is 58.3 cm³/mol. The maximum atomic E-state index is 11.6. The largest absolute Gasteiger partial charge is 0.346 e. The Morgan fingerprint density at radius 1 is 1.56 bits per heavy atom. The molecule has 0 aliphatic heterocycles. The van der Waals surface area contributed by atoms with E-state index in [-0.39, 0.29) is 17.9 Å². The fourth-order valence-electron chi connectivity index (χ4n) is 1.08. The number of nitrogens with two attached hydrogens (primary N) is 1. The van der Waals surface area contributed by atoms with Gasteiger partial charge in [0.05, 0.1) is 12.6 Å². The topological polar surface area (TPSA) is 94.0 Å². The summed E-state index contributed by atoms with van der Waals surface area (Å²) in [5.41, 5.74) is 5.52. The molecule has 1 aromatic heterocycles. The third-order valence-corrected chi connectivity index (χ3v) is 2.20. The average Bonchev–Trinajstić information content (AvgIpc) is 2.58. The lowest BCUT2D eigenvalue weighted by Gasteiger charge is -2.25. The first-order valence-corrected chi connectivity index (χ1v) is 5.13. The molecule has 3 N–H and O–H groups in total. The summed E-state index contributed by atoms with van der Waals surface area (Å²) in [5, 5.41) is 6.28. The maximum absolute atomic E-state index is 11.6. The van der Waals surface area contributed by atoms with Gasteiger partial charge in [0.1, 0.15) is 0 Å². The molecule has 0 radical (unpaired) electrons. The second kappa shape index (κ2) is 4.61. The van der Waals surface area contributed by atoms with E-state index in [1.54, 1.807) is 6.92 Å². The highest BCUT2D eigenvalue weighted by Crippen LogP contribution is 2.17. The van der Waals surface area contributed by atoms with Gasteiger partial charge < -0.3 is 15.6 Å². The van der Waals surface area contributed by atoms with Crippen LogP contribution in [0.5, 0.6) is 0 Å². The lowest BCUT2D eigenvalue weighted by atomic mass is 9.87. The van der Waals surface area contributed by atoms with Crippen LogP contribution in [0.3, 0.4) is 0 Å². The van der Waals surface area contributed by atoms with Crippen molar-refractivity contribution >= 4 is 5.91 Å². The predicted octanol–water partition coefficient (Wildman–Crippen LogP) is 0.368. The monoisotopic (exact) mass is 226 g/mol. The minimum absolute atomic E-state index is 0.212. The molecule has 0 saturated heterocycles. The van der Waals surface area contributed by atoms with Crippen LogP contribution in [0.4, 0.5) is 0 Å².